The summed E-state index contributed by atoms with van der Waals surface area (Å²) in [4.78, 5) is 11.1. The molecule has 0 atom stereocenters. The van der Waals surface area contributed by atoms with Crippen LogP contribution < -0.4 is 4.74 Å². The average molecular weight is 442 g/mol. The first-order chi connectivity index (χ1) is 14.8. The smallest absolute Gasteiger partial charge is 0.341 e. The lowest BCUT2D eigenvalue weighted by atomic mass is 9.84. The Kier molecular flexibility index (Phi) is 5.70. The molecule has 0 spiro atoms. The molecule has 0 radical (unpaired) electrons. The number of carbonyl (C=O) groups is 1. The largest absolute Gasteiger partial charge is 0.482 e. The van der Waals surface area contributed by atoms with E-state index < -0.39 is 28.2 Å². The summed E-state index contributed by atoms with van der Waals surface area (Å²) in [7, 11) is -3.70. The number of rotatable bonds is 6. The number of nitrogens with zero attached hydrogens (tertiary/aromatic N) is 1. The van der Waals surface area contributed by atoms with Crippen molar-refractivity contribution < 1.29 is 28.2 Å². The number of hydrogen-bond donors (Lipinski definition) is 2. The molecule has 2 N–H and O–H groups in total. The van der Waals surface area contributed by atoms with Gasteiger partial charge in [-0.2, -0.15) is 4.31 Å². The van der Waals surface area contributed by atoms with Crippen molar-refractivity contribution in [1.29, 1.82) is 0 Å². The quantitative estimate of drug-likeness (QED) is 0.610. The van der Waals surface area contributed by atoms with Crippen molar-refractivity contribution in [2.75, 3.05) is 19.7 Å². The predicted octanol–water partition coefficient (Wildman–Crippen LogP) is 2.98. The molecule has 162 valence electrons. The lowest BCUT2D eigenvalue weighted by molar-refractivity contribution is -0.139. The van der Waals surface area contributed by atoms with Crippen LogP contribution in [0.2, 0.25) is 0 Å². The van der Waals surface area contributed by atoms with Crippen molar-refractivity contribution in [1.82, 2.24) is 4.31 Å². The van der Waals surface area contributed by atoms with Crippen LogP contribution in [-0.2, 0) is 20.4 Å². The van der Waals surface area contributed by atoms with E-state index in [1.165, 1.54) is 4.31 Å². The van der Waals surface area contributed by atoms with Crippen LogP contribution in [0.5, 0.6) is 5.75 Å². The summed E-state index contributed by atoms with van der Waals surface area (Å²) in [6.45, 7) is -0.243. The van der Waals surface area contributed by atoms with Crippen molar-refractivity contribution in [3.05, 3.63) is 72.3 Å². The number of hydrogen-bond acceptors (Lipinski definition) is 5. The van der Waals surface area contributed by atoms with E-state index in [1.807, 2.05) is 24.3 Å². The summed E-state index contributed by atoms with van der Waals surface area (Å²) in [5, 5.41) is 21.9. The van der Waals surface area contributed by atoms with Crippen LogP contribution in [-0.4, -0.2) is 48.6 Å². The van der Waals surface area contributed by atoms with Crippen LogP contribution in [0.1, 0.15) is 18.4 Å². The van der Waals surface area contributed by atoms with Crippen LogP contribution in [0.3, 0.4) is 0 Å². The molecule has 3 aromatic carbocycles. The Bertz CT molecular complexity index is 1220. The summed E-state index contributed by atoms with van der Waals surface area (Å²) in [6.07, 6.45) is 0.348. The third kappa shape index (κ3) is 4.27. The first-order valence-electron chi connectivity index (χ1n) is 9.95. The minimum Gasteiger partial charge on any atom is -0.482 e. The summed E-state index contributed by atoms with van der Waals surface area (Å²) >= 11 is 0. The standard InChI is InChI=1S/C23H23NO6S/c25-22(26)16-30-21-8-4-3-7-20(21)23(27)11-13-24(14-12-23)31(28,29)19-10-9-17-5-1-2-6-18(17)15-19/h1-10,15,27H,11-14,16H2,(H,25,26). The third-order valence-corrected chi connectivity index (χ3v) is 7.54. The van der Waals surface area contributed by atoms with Gasteiger partial charge in [0, 0.05) is 18.7 Å². The zero-order valence-electron chi connectivity index (χ0n) is 16.8. The topological polar surface area (TPSA) is 104 Å². The zero-order chi connectivity index (χ0) is 22.1. The van der Waals surface area contributed by atoms with Gasteiger partial charge in [0.25, 0.3) is 0 Å². The van der Waals surface area contributed by atoms with Crippen molar-refractivity contribution in [2.45, 2.75) is 23.3 Å². The number of benzene rings is 3. The number of aliphatic carboxylic acids is 1. The van der Waals surface area contributed by atoms with Gasteiger partial charge in [0.2, 0.25) is 10.0 Å². The van der Waals surface area contributed by atoms with Gasteiger partial charge in [0.1, 0.15) is 5.75 Å². The van der Waals surface area contributed by atoms with Gasteiger partial charge in [-0.1, -0.05) is 48.5 Å². The molecule has 31 heavy (non-hydrogen) atoms. The van der Waals surface area contributed by atoms with Gasteiger partial charge in [0.05, 0.1) is 10.5 Å². The highest BCUT2D eigenvalue weighted by molar-refractivity contribution is 7.89. The van der Waals surface area contributed by atoms with Gasteiger partial charge in [-0.25, -0.2) is 13.2 Å². The van der Waals surface area contributed by atoms with Crippen LogP contribution in [0.15, 0.2) is 71.6 Å². The fourth-order valence-corrected chi connectivity index (χ4v) is 5.44. The zero-order valence-corrected chi connectivity index (χ0v) is 17.6. The number of piperidine rings is 1. The maximum atomic E-state index is 13.2. The molecule has 1 aliphatic heterocycles. The van der Waals surface area contributed by atoms with Crippen molar-refractivity contribution in [3.63, 3.8) is 0 Å². The van der Waals surface area contributed by atoms with E-state index >= 15 is 0 Å². The second kappa shape index (κ2) is 8.30. The Morgan fingerprint density at radius 3 is 2.32 bits per heavy atom. The lowest BCUT2D eigenvalue weighted by Gasteiger charge is -2.38. The Morgan fingerprint density at radius 2 is 1.61 bits per heavy atom. The molecule has 1 saturated heterocycles. The van der Waals surface area contributed by atoms with Crippen molar-refractivity contribution in [3.8, 4) is 5.75 Å². The molecule has 0 bridgehead atoms. The van der Waals surface area contributed by atoms with Gasteiger partial charge in [0.15, 0.2) is 6.61 Å². The molecule has 4 rings (SSSR count). The van der Waals surface area contributed by atoms with Gasteiger partial charge < -0.3 is 14.9 Å². The van der Waals surface area contributed by atoms with E-state index in [9.17, 15) is 18.3 Å². The van der Waals surface area contributed by atoms with Gasteiger partial charge in [-0.3, -0.25) is 0 Å². The average Bonchev–Trinajstić information content (AvgIpc) is 2.78. The monoisotopic (exact) mass is 441 g/mol. The van der Waals surface area contributed by atoms with E-state index in [1.54, 1.807) is 42.5 Å². The number of carboxylic acids is 1. The summed E-state index contributed by atoms with van der Waals surface area (Å²) in [5.74, 6) is -0.823. The van der Waals surface area contributed by atoms with Gasteiger partial charge in [-0.05, 0) is 41.8 Å². The molecule has 0 unspecified atom stereocenters. The fraction of sp³-hybridized carbons (Fsp3) is 0.261. The molecular weight excluding hydrogens is 418 g/mol. The Labute approximate surface area is 180 Å². The normalized spacial score (nSPS) is 16.8. The molecule has 0 amide bonds. The highest BCUT2D eigenvalue weighted by Gasteiger charge is 2.40. The van der Waals surface area contributed by atoms with Crippen molar-refractivity contribution >= 4 is 26.8 Å². The maximum absolute atomic E-state index is 13.2. The number of carboxylic acid groups (broad SMARTS) is 1. The van der Waals surface area contributed by atoms with Crippen LogP contribution in [0.4, 0.5) is 0 Å². The minimum absolute atomic E-state index is 0.138. The molecule has 1 heterocycles. The highest BCUT2D eigenvalue weighted by Crippen LogP contribution is 2.39. The van der Waals surface area contributed by atoms with Crippen molar-refractivity contribution in [2.24, 2.45) is 0 Å². The Hall–Kier alpha value is -2.94. The summed E-state index contributed by atoms with van der Waals surface area (Å²) < 4.78 is 33.1. The number of sulfonamides is 1. The first kappa shape index (κ1) is 21.3. The van der Waals surface area contributed by atoms with E-state index in [4.69, 9.17) is 9.84 Å². The Balaban J connectivity index is 1.54. The van der Waals surface area contributed by atoms with E-state index in [-0.39, 0.29) is 30.8 Å². The second-order valence-electron chi connectivity index (χ2n) is 7.62. The number of fused-ring (bicyclic) bond motifs is 1. The van der Waals surface area contributed by atoms with E-state index in [0.29, 0.717) is 11.3 Å². The van der Waals surface area contributed by atoms with Crippen LogP contribution in [0.25, 0.3) is 10.8 Å². The molecule has 0 saturated carbocycles. The third-order valence-electron chi connectivity index (χ3n) is 5.65. The second-order valence-corrected chi connectivity index (χ2v) is 9.56. The van der Waals surface area contributed by atoms with E-state index in [2.05, 4.69) is 0 Å². The molecule has 1 aliphatic rings. The Morgan fingerprint density at radius 1 is 0.968 bits per heavy atom. The highest BCUT2D eigenvalue weighted by atomic mass is 32.2. The number of para-hydroxylation sites is 1. The first-order valence-corrected chi connectivity index (χ1v) is 11.4. The molecule has 0 aromatic heterocycles. The maximum Gasteiger partial charge on any atom is 0.341 e. The molecule has 8 heteroatoms. The number of aliphatic hydroxyl groups is 1. The predicted molar refractivity (Wildman–Crippen MR) is 115 cm³/mol. The lowest BCUT2D eigenvalue weighted by Crippen LogP contribution is -2.45. The molecule has 0 aliphatic carbocycles. The van der Waals surface area contributed by atoms with E-state index in [0.717, 1.165) is 10.8 Å². The minimum atomic E-state index is -3.70. The summed E-state index contributed by atoms with van der Waals surface area (Å²) in [5.41, 5.74) is -0.830. The SMILES string of the molecule is O=C(O)COc1ccccc1C1(O)CCN(S(=O)(=O)c2ccc3ccccc3c2)CC1. The van der Waals surface area contributed by atoms with Crippen LogP contribution >= 0.6 is 0 Å². The van der Waals surface area contributed by atoms with Crippen LogP contribution in [0, 0.1) is 0 Å². The van der Waals surface area contributed by atoms with Gasteiger partial charge >= 0.3 is 5.97 Å². The molecule has 3 aromatic rings. The fourth-order valence-electron chi connectivity index (χ4n) is 3.96. The molecular formula is C23H23NO6S. The summed E-state index contributed by atoms with van der Waals surface area (Å²) in [6, 6.07) is 19.4. The molecule has 1 fully saturated rings. The van der Waals surface area contributed by atoms with Gasteiger partial charge in [-0.15, -0.1) is 0 Å². The molecule has 7 nitrogen and oxygen atoms in total. The number of ether oxygens (including phenoxy) is 1.